The molecule has 2 aliphatic rings. The van der Waals surface area contributed by atoms with Gasteiger partial charge in [-0.15, -0.1) is 0 Å². The summed E-state index contributed by atoms with van der Waals surface area (Å²) in [7, 11) is 0. The minimum absolute atomic E-state index is 0.212. The highest BCUT2D eigenvalue weighted by atomic mass is 35.5. The summed E-state index contributed by atoms with van der Waals surface area (Å²) in [5.74, 6) is 0.268. The molecule has 1 atom stereocenters. The number of benzene rings is 2. The molecule has 0 N–H and O–H groups in total. The van der Waals surface area contributed by atoms with E-state index < -0.39 is 28.4 Å². The number of hydrogen-bond donors (Lipinski definition) is 0. The monoisotopic (exact) mass is 551 g/mol. The third-order valence-electron chi connectivity index (χ3n) is 7.10. The summed E-state index contributed by atoms with van der Waals surface area (Å²) in [5, 5.41) is -0.504. The lowest BCUT2D eigenvalue weighted by Gasteiger charge is -2.46. The van der Waals surface area contributed by atoms with Gasteiger partial charge in [-0.1, -0.05) is 38.1 Å². The van der Waals surface area contributed by atoms with Crippen LogP contribution < -0.4 is 0 Å². The van der Waals surface area contributed by atoms with E-state index in [1.165, 1.54) is 18.2 Å². The number of aliphatic imine (C=N–C) groups is 1. The SMILES string of the molecule is C=C1N=C(CCc2cc(F)c(Cc3ccc(C(F)(F)F)c(Cl)c3)c(F)c2)C=C2N1CCC(CC)N2CCC. The fourth-order valence-corrected chi connectivity index (χ4v) is 5.46. The Morgan fingerprint density at radius 1 is 1.05 bits per heavy atom. The van der Waals surface area contributed by atoms with Crippen LogP contribution in [-0.2, 0) is 19.0 Å². The maximum absolute atomic E-state index is 14.9. The van der Waals surface area contributed by atoms with Gasteiger partial charge in [0.25, 0.3) is 0 Å². The van der Waals surface area contributed by atoms with Crippen LogP contribution in [0.4, 0.5) is 22.0 Å². The molecular formula is C29H31ClF5N3. The Hall–Kier alpha value is -2.87. The quantitative estimate of drug-likeness (QED) is 0.308. The maximum atomic E-state index is 14.9. The van der Waals surface area contributed by atoms with E-state index in [1.807, 2.05) is 0 Å². The van der Waals surface area contributed by atoms with Crippen LogP contribution in [0.3, 0.4) is 0 Å². The van der Waals surface area contributed by atoms with Gasteiger partial charge in [-0.3, -0.25) is 0 Å². The molecule has 38 heavy (non-hydrogen) atoms. The fourth-order valence-electron chi connectivity index (χ4n) is 5.15. The molecular weight excluding hydrogens is 521 g/mol. The predicted octanol–water partition coefficient (Wildman–Crippen LogP) is 8.12. The van der Waals surface area contributed by atoms with Crippen LogP contribution in [0.5, 0.6) is 0 Å². The first-order chi connectivity index (χ1) is 18.0. The Balaban J connectivity index is 1.48. The highest BCUT2D eigenvalue weighted by molar-refractivity contribution is 6.31. The Morgan fingerprint density at radius 2 is 1.76 bits per heavy atom. The lowest BCUT2D eigenvalue weighted by molar-refractivity contribution is -0.137. The Bertz CT molecular complexity index is 1240. The van der Waals surface area contributed by atoms with E-state index in [0.29, 0.717) is 30.3 Å². The lowest BCUT2D eigenvalue weighted by Crippen LogP contribution is -2.49. The minimum Gasteiger partial charge on any atom is -0.355 e. The molecule has 2 aromatic carbocycles. The molecule has 2 aromatic rings. The molecule has 9 heteroatoms. The molecule has 0 aliphatic carbocycles. The number of nitrogens with zero attached hydrogens (tertiary/aromatic N) is 3. The molecule has 0 spiro atoms. The van der Waals surface area contributed by atoms with Crippen LogP contribution in [-0.4, -0.2) is 34.6 Å². The molecule has 1 unspecified atom stereocenters. The van der Waals surface area contributed by atoms with Gasteiger partial charge in [-0.05, 0) is 67.5 Å². The number of aryl methyl sites for hydroxylation is 1. The van der Waals surface area contributed by atoms with Crippen molar-refractivity contribution in [3.05, 3.63) is 93.5 Å². The molecule has 0 radical (unpaired) electrons. The van der Waals surface area contributed by atoms with Crippen molar-refractivity contribution in [3.63, 3.8) is 0 Å². The van der Waals surface area contributed by atoms with E-state index in [1.54, 1.807) is 0 Å². The van der Waals surface area contributed by atoms with Crippen LogP contribution in [0.15, 0.2) is 59.6 Å². The van der Waals surface area contributed by atoms with Crippen molar-refractivity contribution < 1.29 is 22.0 Å². The van der Waals surface area contributed by atoms with Crippen LogP contribution in [0, 0.1) is 11.6 Å². The number of halogens is 6. The standard InChI is InChI=1S/C29H31ClF5N3/c1-4-11-38-22(5-2)10-12-37-18(3)36-21(17-28(37)38)8-6-20-15-26(31)23(27(32)16-20)13-19-7-9-24(25(30)14-19)29(33,34)35/h7,9,14-17,22H,3-6,8,10-13H2,1-2H3. The van der Waals surface area contributed by atoms with E-state index in [0.717, 1.165) is 56.0 Å². The number of allylic oxidation sites excluding steroid dienone is 1. The fraction of sp³-hybridized carbons (Fsp3) is 0.414. The molecule has 0 saturated carbocycles. The second-order valence-electron chi connectivity index (χ2n) is 9.74. The zero-order valence-corrected chi connectivity index (χ0v) is 22.3. The van der Waals surface area contributed by atoms with Crippen molar-refractivity contribution in [2.24, 2.45) is 4.99 Å². The van der Waals surface area contributed by atoms with Crippen molar-refractivity contribution >= 4 is 17.3 Å². The molecule has 1 fully saturated rings. The zero-order valence-electron chi connectivity index (χ0n) is 21.5. The largest absolute Gasteiger partial charge is 0.417 e. The van der Waals surface area contributed by atoms with Crippen LogP contribution in [0.25, 0.3) is 0 Å². The lowest BCUT2D eigenvalue weighted by atomic mass is 9.98. The van der Waals surface area contributed by atoms with E-state index in [4.69, 9.17) is 11.6 Å². The molecule has 2 heterocycles. The van der Waals surface area contributed by atoms with E-state index in [9.17, 15) is 22.0 Å². The molecule has 3 nitrogen and oxygen atoms in total. The van der Waals surface area contributed by atoms with Gasteiger partial charge in [0.1, 0.15) is 23.3 Å². The molecule has 1 saturated heterocycles. The third kappa shape index (κ3) is 6.06. The smallest absolute Gasteiger partial charge is 0.355 e. The van der Waals surface area contributed by atoms with Gasteiger partial charge in [-0.2, -0.15) is 13.2 Å². The van der Waals surface area contributed by atoms with Crippen LogP contribution in [0.1, 0.15) is 61.8 Å². The van der Waals surface area contributed by atoms with Crippen molar-refractivity contribution in [2.45, 2.75) is 64.6 Å². The first-order valence-corrected chi connectivity index (χ1v) is 13.2. The second-order valence-corrected chi connectivity index (χ2v) is 10.2. The zero-order chi connectivity index (χ0) is 27.6. The summed E-state index contributed by atoms with van der Waals surface area (Å²) >= 11 is 5.76. The van der Waals surface area contributed by atoms with E-state index in [-0.39, 0.29) is 17.5 Å². The van der Waals surface area contributed by atoms with E-state index in [2.05, 4.69) is 41.3 Å². The van der Waals surface area contributed by atoms with E-state index >= 15 is 0 Å². The first kappa shape index (κ1) is 28.1. The van der Waals surface area contributed by atoms with Crippen LogP contribution >= 0.6 is 11.6 Å². The van der Waals surface area contributed by atoms with Gasteiger partial charge in [0.15, 0.2) is 0 Å². The molecule has 2 aliphatic heterocycles. The summed E-state index contributed by atoms with van der Waals surface area (Å²) in [6.07, 6.45) is 1.22. The number of rotatable bonds is 8. The number of fused-ring (bicyclic) bond motifs is 1. The predicted molar refractivity (Wildman–Crippen MR) is 141 cm³/mol. The highest BCUT2D eigenvalue weighted by Gasteiger charge is 2.33. The van der Waals surface area contributed by atoms with Crippen LogP contribution in [0.2, 0.25) is 5.02 Å². The topological polar surface area (TPSA) is 18.8 Å². The second kappa shape index (κ2) is 11.5. The van der Waals surface area contributed by atoms with Gasteiger partial charge in [0, 0.05) is 42.9 Å². The Morgan fingerprint density at radius 3 is 2.37 bits per heavy atom. The first-order valence-electron chi connectivity index (χ1n) is 12.9. The average molecular weight is 552 g/mol. The normalized spacial score (nSPS) is 17.9. The maximum Gasteiger partial charge on any atom is 0.417 e. The summed E-state index contributed by atoms with van der Waals surface area (Å²) in [6.45, 7) is 10.3. The highest BCUT2D eigenvalue weighted by Crippen LogP contribution is 2.36. The Labute approximate surface area is 225 Å². The molecule has 0 amide bonds. The average Bonchev–Trinajstić information content (AvgIpc) is 2.84. The van der Waals surface area contributed by atoms with Gasteiger partial charge in [0.05, 0.1) is 10.6 Å². The van der Waals surface area contributed by atoms with Gasteiger partial charge in [-0.25, -0.2) is 13.8 Å². The molecule has 204 valence electrons. The molecule has 0 bridgehead atoms. The third-order valence-corrected chi connectivity index (χ3v) is 7.42. The summed E-state index contributed by atoms with van der Waals surface area (Å²) < 4.78 is 68.7. The van der Waals surface area contributed by atoms with Crippen molar-refractivity contribution in [3.8, 4) is 0 Å². The van der Waals surface area contributed by atoms with Crippen molar-refractivity contribution in [1.82, 2.24) is 9.80 Å². The number of hydrogen-bond acceptors (Lipinski definition) is 3. The van der Waals surface area contributed by atoms with Gasteiger partial charge >= 0.3 is 6.18 Å². The molecule has 4 rings (SSSR count). The van der Waals surface area contributed by atoms with Gasteiger partial charge < -0.3 is 9.80 Å². The molecule has 0 aromatic heterocycles. The number of alkyl halides is 3. The van der Waals surface area contributed by atoms with Gasteiger partial charge in [0.2, 0.25) is 0 Å². The summed E-state index contributed by atoms with van der Waals surface area (Å²) in [5.41, 5.74) is 0.372. The van der Waals surface area contributed by atoms with Crippen molar-refractivity contribution in [2.75, 3.05) is 13.1 Å². The van der Waals surface area contributed by atoms with Crippen molar-refractivity contribution in [1.29, 1.82) is 0 Å². The summed E-state index contributed by atoms with van der Waals surface area (Å²) in [4.78, 5) is 9.18. The Kier molecular flexibility index (Phi) is 8.50. The summed E-state index contributed by atoms with van der Waals surface area (Å²) in [6, 6.07) is 6.12. The minimum atomic E-state index is -4.60.